The van der Waals surface area contributed by atoms with Crippen LogP contribution in [0, 0.1) is 12.8 Å². The van der Waals surface area contributed by atoms with E-state index in [0.717, 1.165) is 17.8 Å². The molecule has 1 aliphatic carbocycles. The lowest BCUT2D eigenvalue weighted by molar-refractivity contribution is 0.0805. The van der Waals surface area contributed by atoms with Gasteiger partial charge in [0.1, 0.15) is 6.10 Å². The van der Waals surface area contributed by atoms with Gasteiger partial charge < -0.3 is 4.74 Å². The first-order chi connectivity index (χ1) is 8.72. The maximum absolute atomic E-state index is 6.00. The average molecular weight is 269 g/mol. The highest BCUT2D eigenvalue weighted by Gasteiger charge is 2.26. The van der Waals surface area contributed by atoms with Gasteiger partial charge in [-0.15, -0.1) is 11.6 Å². The minimum absolute atomic E-state index is 0.272. The molecule has 0 radical (unpaired) electrons. The molecule has 0 aromatic carbocycles. The molecule has 2 unspecified atom stereocenters. The number of halogens is 1. The summed E-state index contributed by atoms with van der Waals surface area (Å²) in [5.41, 5.74) is 1.75. The molecule has 1 saturated carbocycles. The summed E-state index contributed by atoms with van der Waals surface area (Å²) < 4.78 is 6.00. The highest BCUT2D eigenvalue weighted by molar-refractivity contribution is 6.16. The lowest BCUT2D eigenvalue weighted by Crippen LogP contribution is -2.30. The molecule has 2 rings (SSSR count). The van der Waals surface area contributed by atoms with Gasteiger partial charge >= 0.3 is 6.01 Å². The van der Waals surface area contributed by atoms with Crippen molar-refractivity contribution in [2.45, 2.75) is 57.9 Å². The summed E-state index contributed by atoms with van der Waals surface area (Å²) in [5, 5.41) is 0. The summed E-state index contributed by atoms with van der Waals surface area (Å²) in [6, 6.07) is 2.40. The summed E-state index contributed by atoms with van der Waals surface area (Å²) >= 11 is 5.82. The molecule has 18 heavy (non-hydrogen) atoms. The molecule has 4 heteroatoms. The Balaban J connectivity index is 2.09. The van der Waals surface area contributed by atoms with Gasteiger partial charge in [-0.05, 0) is 44.6 Å². The molecule has 0 amide bonds. The molecule has 0 N–H and O–H groups in total. The van der Waals surface area contributed by atoms with Crippen molar-refractivity contribution in [3.05, 3.63) is 17.5 Å². The molecular formula is C14H21ClN2O. The maximum atomic E-state index is 6.00. The van der Waals surface area contributed by atoms with Crippen molar-refractivity contribution < 1.29 is 4.74 Å². The van der Waals surface area contributed by atoms with Gasteiger partial charge in [0, 0.05) is 5.69 Å². The predicted molar refractivity (Wildman–Crippen MR) is 73.0 cm³/mol. The second-order valence-electron chi connectivity index (χ2n) is 5.03. The van der Waals surface area contributed by atoms with Crippen LogP contribution in [0.3, 0.4) is 0 Å². The van der Waals surface area contributed by atoms with Crippen LogP contribution in [0.4, 0.5) is 0 Å². The van der Waals surface area contributed by atoms with Gasteiger partial charge in [-0.2, -0.15) is 4.98 Å². The van der Waals surface area contributed by atoms with Gasteiger partial charge in [0.25, 0.3) is 0 Å². The third kappa shape index (κ3) is 3.35. The largest absolute Gasteiger partial charge is 0.460 e. The number of alkyl halides is 1. The topological polar surface area (TPSA) is 35.0 Å². The molecule has 0 aliphatic heterocycles. The van der Waals surface area contributed by atoms with Crippen molar-refractivity contribution in [2.24, 2.45) is 5.92 Å². The quantitative estimate of drug-likeness (QED) is 0.778. The standard InChI is InChI=1S/C14H21ClN2O/c1-3-11-6-4-5-7-13(11)18-14-16-10(2)8-12(9-15)17-14/h8,11,13H,3-7,9H2,1-2H3. The van der Waals surface area contributed by atoms with Crippen molar-refractivity contribution in [2.75, 3.05) is 0 Å². The van der Waals surface area contributed by atoms with Crippen molar-refractivity contribution in [1.29, 1.82) is 0 Å². The van der Waals surface area contributed by atoms with E-state index in [1.165, 1.54) is 25.7 Å². The van der Waals surface area contributed by atoms with E-state index in [9.17, 15) is 0 Å². The fourth-order valence-corrected chi connectivity index (χ4v) is 2.79. The average Bonchev–Trinajstić information content (AvgIpc) is 2.38. The maximum Gasteiger partial charge on any atom is 0.317 e. The first kappa shape index (κ1) is 13.6. The van der Waals surface area contributed by atoms with E-state index < -0.39 is 0 Å². The first-order valence-corrected chi connectivity index (χ1v) is 7.33. The Bertz CT molecular complexity index is 397. The minimum Gasteiger partial charge on any atom is -0.460 e. The molecule has 100 valence electrons. The van der Waals surface area contributed by atoms with E-state index in [4.69, 9.17) is 16.3 Å². The summed E-state index contributed by atoms with van der Waals surface area (Å²) in [4.78, 5) is 8.70. The normalized spacial score (nSPS) is 23.9. The summed E-state index contributed by atoms with van der Waals surface area (Å²) in [5.74, 6) is 1.05. The van der Waals surface area contributed by atoms with E-state index in [2.05, 4.69) is 16.9 Å². The molecule has 1 aromatic heterocycles. The number of aromatic nitrogens is 2. The third-order valence-corrected chi connectivity index (χ3v) is 3.92. The Labute approximate surface area is 114 Å². The lowest BCUT2D eigenvalue weighted by atomic mass is 9.85. The summed E-state index contributed by atoms with van der Waals surface area (Å²) in [6.07, 6.45) is 6.38. The smallest absolute Gasteiger partial charge is 0.317 e. The summed E-state index contributed by atoms with van der Waals surface area (Å²) in [7, 11) is 0. The van der Waals surface area contributed by atoms with Gasteiger partial charge in [-0.3, -0.25) is 0 Å². The molecule has 1 aliphatic rings. The Morgan fingerprint density at radius 1 is 1.33 bits per heavy atom. The highest BCUT2D eigenvalue weighted by atomic mass is 35.5. The van der Waals surface area contributed by atoms with Crippen LogP contribution in [0.15, 0.2) is 6.07 Å². The van der Waals surface area contributed by atoms with Crippen molar-refractivity contribution in [1.82, 2.24) is 9.97 Å². The second-order valence-corrected chi connectivity index (χ2v) is 5.29. The van der Waals surface area contributed by atoms with Gasteiger partial charge in [0.15, 0.2) is 0 Å². The Kier molecular flexibility index (Phi) is 4.81. The Morgan fingerprint density at radius 2 is 2.11 bits per heavy atom. The zero-order valence-corrected chi connectivity index (χ0v) is 11.9. The van der Waals surface area contributed by atoms with Crippen LogP contribution in [0.2, 0.25) is 0 Å². The van der Waals surface area contributed by atoms with Crippen LogP contribution in [-0.4, -0.2) is 16.1 Å². The molecule has 1 aromatic rings. The van der Waals surface area contributed by atoms with Crippen LogP contribution < -0.4 is 4.74 Å². The van der Waals surface area contributed by atoms with Gasteiger partial charge in [-0.25, -0.2) is 4.98 Å². The van der Waals surface area contributed by atoms with E-state index in [-0.39, 0.29) is 6.10 Å². The Morgan fingerprint density at radius 3 is 2.83 bits per heavy atom. The second kappa shape index (κ2) is 6.37. The lowest BCUT2D eigenvalue weighted by Gasteiger charge is -2.30. The van der Waals surface area contributed by atoms with E-state index in [1.807, 2.05) is 13.0 Å². The SMILES string of the molecule is CCC1CCCCC1Oc1nc(C)cc(CCl)n1. The Hall–Kier alpha value is -0.830. The molecule has 0 spiro atoms. The van der Waals surface area contributed by atoms with Crippen LogP contribution in [-0.2, 0) is 5.88 Å². The van der Waals surface area contributed by atoms with Gasteiger partial charge in [0.2, 0.25) is 0 Å². The molecule has 2 atom stereocenters. The van der Waals surface area contributed by atoms with Gasteiger partial charge in [0.05, 0.1) is 11.6 Å². The van der Waals surface area contributed by atoms with Gasteiger partial charge in [-0.1, -0.05) is 13.3 Å². The van der Waals surface area contributed by atoms with Crippen LogP contribution in [0.5, 0.6) is 6.01 Å². The van der Waals surface area contributed by atoms with Crippen molar-refractivity contribution in [3.8, 4) is 6.01 Å². The number of hydrogen-bond acceptors (Lipinski definition) is 3. The van der Waals surface area contributed by atoms with Crippen LogP contribution in [0.1, 0.15) is 50.4 Å². The molecular weight excluding hydrogens is 248 g/mol. The fourth-order valence-electron chi connectivity index (χ4n) is 2.66. The predicted octanol–water partition coefficient (Wildman–Crippen LogP) is 3.87. The molecule has 0 bridgehead atoms. The summed E-state index contributed by atoms with van der Waals surface area (Å²) in [6.45, 7) is 4.18. The van der Waals surface area contributed by atoms with Crippen molar-refractivity contribution >= 4 is 11.6 Å². The third-order valence-electron chi connectivity index (χ3n) is 3.64. The zero-order valence-electron chi connectivity index (χ0n) is 11.2. The van der Waals surface area contributed by atoms with E-state index >= 15 is 0 Å². The number of nitrogens with zero attached hydrogens (tertiary/aromatic N) is 2. The minimum atomic E-state index is 0.272. The fraction of sp³-hybridized carbons (Fsp3) is 0.714. The van der Waals surface area contributed by atoms with E-state index in [0.29, 0.717) is 17.8 Å². The van der Waals surface area contributed by atoms with Crippen LogP contribution in [0.25, 0.3) is 0 Å². The number of hydrogen-bond donors (Lipinski definition) is 0. The highest BCUT2D eigenvalue weighted by Crippen LogP contribution is 2.29. The number of aryl methyl sites for hydroxylation is 1. The van der Waals surface area contributed by atoms with Crippen LogP contribution >= 0.6 is 11.6 Å². The molecule has 0 saturated heterocycles. The van der Waals surface area contributed by atoms with E-state index in [1.54, 1.807) is 0 Å². The molecule has 1 fully saturated rings. The molecule has 3 nitrogen and oxygen atoms in total. The zero-order chi connectivity index (χ0) is 13.0. The van der Waals surface area contributed by atoms with Crippen molar-refractivity contribution in [3.63, 3.8) is 0 Å². The first-order valence-electron chi connectivity index (χ1n) is 6.80. The number of rotatable bonds is 4. The monoisotopic (exact) mass is 268 g/mol. The number of ether oxygens (including phenoxy) is 1. The molecule has 1 heterocycles.